The van der Waals surface area contributed by atoms with Crippen LogP contribution in [0.5, 0.6) is 0 Å². The van der Waals surface area contributed by atoms with Gasteiger partial charge in [-0.1, -0.05) is 42.5 Å². The van der Waals surface area contributed by atoms with Crippen molar-refractivity contribution in [3.05, 3.63) is 66.7 Å². The van der Waals surface area contributed by atoms with E-state index in [0.717, 1.165) is 22.1 Å². The quantitative estimate of drug-likeness (QED) is 0.381. The van der Waals surface area contributed by atoms with Crippen LogP contribution in [0, 0.1) is 0 Å². The van der Waals surface area contributed by atoms with Gasteiger partial charge in [0.2, 0.25) is 0 Å². The third-order valence-corrected chi connectivity index (χ3v) is 3.17. The first-order valence-corrected chi connectivity index (χ1v) is 6.67. The summed E-state index contributed by atoms with van der Waals surface area (Å²) >= 11 is 0. The third kappa shape index (κ3) is 2.95. The molecule has 3 aromatic carbocycles. The molecule has 104 valence electrons. The minimum atomic E-state index is 0.331. The molecule has 0 atom stereocenters. The average molecular weight is 276 g/mol. The first-order chi connectivity index (χ1) is 10.2. The van der Waals surface area contributed by atoms with Crippen molar-refractivity contribution in [1.29, 1.82) is 0 Å². The Morgan fingerprint density at radius 3 is 2.52 bits per heavy atom. The molecular weight excluding hydrogens is 260 g/mol. The molecule has 0 unspecified atom stereocenters. The van der Waals surface area contributed by atoms with Crippen molar-refractivity contribution in [2.75, 3.05) is 11.1 Å². The number of hydrogen-bond acceptors (Lipinski definition) is 2. The Hall–Kier alpha value is -3.01. The number of benzene rings is 3. The van der Waals surface area contributed by atoms with Gasteiger partial charge in [-0.3, -0.25) is 0 Å². The highest BCUT2D eigenvalue weighted by Crippen LogP contribution is 2.25. The molecule has 4 heteroatoms. The molecule has 0 spiro atoms. The van der Waals surface area contributed by atoms with Gasteiger partial charge < -0.3 is 16.8 Å². The Balaban J connectivity index is 1.92. The fraction of sp³-hybridized carbons (Fsp3) is 0. The van der Waals surface area contributed by atoms with Crippen LogP contribution < -0.4 is 16.8 Å². The molecule has 0 aliphatic heterocycles. The maximum Gasteiger partial charge on any atom is 0.198 e. The second kappa shape index (κ2) is 5.54. The molecule has 0 radical (unpaired) electrons. The van der Waals surface area contributed by atoms with E-state index in [9.17, 15) is 0 Å². The van der Waals surface area contributed by atoms with Gasteiger partial charge in [-0.05, 0) is 29.7 Å². The summed E-state index contributed by atoms with van der Waals surface area (Å²) in [6.45, 7) is 0. The van der Waals surface area contributed by atoms with E-state index in [0.29, 0.717) is 11.6 Å². The number of aliphatic imine (C=N–C) groups is 1. The molecule has 0 aliphatic rings. The van der Waals surface area contributed by atoms with Crippen molar-refractivity contribution in [2.45, 2.75) is 0 Å². The molecule has 3 rings (SSSR count). The van der Waals surface area contributed by atoms with Gasteiger partial charge in [-0.25, -0.2) is 4.99 Å². The SMILES string of the molecule is NC(=Nc1cccc2ccccc12)Nc1cccc(N)c1. The minimum Gasteiger partial charge on any atom is -0.399 e. The maximum absolute atomic E-state index is 5.98. The van der Waals surface area contributed by atoms with Crippen LogP contribution in [0.1, 0.15) is 0 Å². The van der Waals surface area contributed by atoms with Crippen LogP contribution in [0.15, 0.2) is 71.7 Å². The molecule has 0 fully saturated rings. The predicted octanol–water partition coefficient (Wildman–Crippen LogP) is 3.48. The average Bonchev–Trinajstić information content (AvgIpc) is 2.47. The van der Waals surface area contributed by atoms with Gasteiger partial charge in [0.15, 0.2) is 5.96 Å². The second-order valence-corrected chi connectivity index (χ2v) is 4.75. The zero-order valence-corrected chi connectivity index (χ0v) is 11.5. The first-order valence-electron chi connectivity index (χ1n) is 6.67. The fourth-order valence-electron chi connectivity index (χ4n) is 2.23. The Kier molecular flexibility index (Phi) is 3.43. The minimum absolute atomic E-state index is 0.331. The van der Waals surface area contributed by atoms with E-state index < -0.39 is 0 Å². The van der Waals surface area contributed by atoms with Gasteiger partial charge in [0.25, 0.3) is 0 Å². The Morgan fingerprint density at radius 1 is 0.905 bits per heavy atom. The summed E-state index contributed by atoms with van der Waals surface area (Å²) < 4.78 is 0. The van der Waals surface area contributed by atoms with Crippen LogP contribution in [0.2, 0.25) is 0 Å². The molecule has 5 N–H and O–H groups in total. The second-order valence-electron chi connectivity index (χ2n) is 4.75. The summed E-state index contributed by atoms with van der Waals surface area (Å²) in [5.74, 6) is 0.331. The monoisotopic (exact) mass is 276 g/mol. The zero-order chi connectivity index (χ0) is 14.7. The molecule has 3 aromatic rings. The smallest absolute Gasteiger partial charge is 0.198 e. The normalized spacial score (nSPS) is 11.5. The van der Waals surface area contributed by atoms with Gasteiger partial charge in [0, 0.05) is 16.8 Å². The van der Waals surface area contributed by atoms with Crippen LogP contribution in [0.4, 0.5) is 17.1 Å². The van der Waals surface area contributed by atoms with E-state index in [1.807, 2.05) is 54.6 Å². The highest BCUT2D eigenvalue weighted by atomic mass is 15.1. The summed E-state index contributed by atoms with van der Waals surface area (Å²) in [6.07, 6.45) is 0. The Labute approximate surface area is 123 Å². The number of nitrogens with one attached hydrogen (secondary N) is 1. The number of guanidine groups is 1. The van der Waals surface area contributed by atoms with E-state index in [1.165, 1.54) is 0 Å². The maximum atomic E-state index is 5.98. The lowest BCUT2D eigenvalue weighted by Gasteiger charge is -2.07. The summed E-state index contributed by atoms with van der Waals surface area (Å²) in [5.41, 5.74) is 14.0. The number of nitrogens with zero attached hydrogens (tertiary/aromatic N) is 1. The number of fused-ring (bicyclic) bond motifs is 1. The van der Waals surface area contributed by atoms with Crippen molar-refractivity contribution < 1.29 is 0 Å². The molecule has 4 nitrogen and oxygen atoms in total. The van der Waals surface area contributed by atoms with Crippen molar-refractivity contribution >= 4 is 33.8 Å². The van der Waals surface area contributed by atoms with Crippen LogP contribution in [-0.4, -0.2) is 5.96 Å². The molecule has 0 bridgehead atoms. The van der Waals surface area contributed by atoms with E-state index in [2.05, 4.69) is 22.4 Å². The number of nitrogens with two attached hydrogens (primary N) is 2. The van der Waals surface area contributed by atoms with Gasteiger partial charge in [0.05, 0.1) is 5.69 Å². The number of hydrogen-bond donors (Lipinski definition) is 3. The molecule has 0 aliphatic carbocycles. The lowest BCUT2D eigenvalue weighted by Crippen LogP contribution is -2.21. The van der Waals surface area contributed by atoms with Crippen molar-refractivity contribution in [3.8, 4) is 0 Å². The Morgan fingerprint density at radius 2 is 1.67 bits per heavy atom. The Bertz CT molecular complexity index is 803. The van der Waals surface area contributed by atoms with Gasteiger partial charge in [-0.2, -0.15) is 0 Å². The summed E-state index contributed by atoms with van der Waals surface area (Å²) in [5, 5.41) is 5.25. The molecule has 0 heterocycles. The van der Waals surface area contributed by atoms with Crippen molar-refractivity contribution in [1.82, 2.24) is 0 Å². The zero-order valence-electron chi connectivity index (χ0n) is 11.5. The summed E-state index contributed by atoms with van der Waals surface area (Å²) in [6, 6.07) is 21.4. The third-order valence-electron chi connectivity index (χ3n) is 3.17. The first kappa shape index (κ1) is 13.0. The van der Waals surface area contributed by atoms with E-state index in [-0.39, 0.29) is 0 Å². The van der Waals surface area contributed by atoms with Gasteiger partial charge in [-0.15, -0.1) is 0 Å². The highest BCUT2D eigenvalue weighted by Gasteiger charge is 2.00. The van der Waals surface area contributed by atoms with Gasteiger partial charge >= 0.3 is 0 Å². The number of nitrogen functional groups attached to an aromatic ring is 1. The summed E-state index contributed by atoms with van der Waals surface area (Å²) in [4.78, 5) is 4.45. The largest absolute Gasteiger partial charge is 0.399 e. The molecule has 0 aromatic heterocycles. The van der Waals surface area contributed by atoms with E-state index in [1.54, 1.807) is 0 Å². The van der Waals surface area contributed by atoms with Gasteiger partial charge in [0.1, 0.15) is 0 Å². The van der Waals surface area contributed by atoms with Crippen LogP contribution in [0.3, 0.4) is 0 Å². The molecule has 21 heavy (non-hydrogen) atoms. The molecule has 0 saturated heterocycles. The van der Waals surface area contributed by atoms with Crippen molar-refractivity contribution in [2.24, 2.45) is 10.7 Å². The van der Waals surface area contributed by atoms with E-state index >= 15 is 0 Å². The van der Waals surface area contributed by atoms with Crippen LogP contribution in [0.25, 0.3) is 10.8 Å². The standard InChI is InChI=1S/C17H16N4/c18-13-7-4-8-14(11-13)20-17(19)21-16-10-3-6-12-5-1-2-9-15(12)16/h1-11H,18H2,(H3,19,20,21). The summed E-state index contributed by atoms with van der Waals surface area (Å²) in [7, 11) is 0. The lowest BCUT2D eigenvalue weighted by molar-refractivity contribution is 1.46. The van der Waals surface area contributed by atoms with Crippen LogP contribution >= 0.6 is 0 Å². The van der Waals surface area contributed by atoms with E-state index in [4.69, 9.17) is 11.5 Å². The molecule has 0 saturated carbocycles. The fourth-order valence-corrected chi connectivity index (χ4v) is 2.23. The number of rotatable bonds is 2. The molecular formula is C17H16N4. The lowest BCUT2D eigenvalue weighted by atomic mass is 10.1. The highest BCUT2D eigenvalue weighted by molar-refractivity contribution is 5.99. The van der Waals surface area contributed by atoms with Crippen LogP contribution in [-0.2, 0) is 0 Å². The number of anilines is 2. The molecule has 0 amide bonds. The predicted molar refractivity (Wildman–Crippen MR) is 89.7 cm³/mol. The topological polar surface area (TPSA) is 76.4 Å². The van der Waals surface area contributed by atoms with Crippen molar-refractivity contribution in [3.63, 3.8) is 0 Å².